The lowest BCUT2D eigenvalue weighted by Crippen LogP contribution is -2.32. The Morgan fingerprint density at radius 2 is 2.00 bits per heavy atom. The van der Waals surface area contributed by atoms with Crippen LogP contribution >= 0.6 is 0 Å². The predicted octanol–water partition coefficient (Wildman–Crippen LogP) is 2.41. The zero-order chi connectivity index (χ0) is 11.5. The van der Waals surface area contributed by atoms with E-state index < -0.39 is 0 Å². The fourth-order valence-corrected chi connectivity index (χ4v) is 2.08. The van der Waals surface area contributed by atoms with Gasteiger partial charge in [0.25, 0.3) is 0 Å². The standard InChI is InChI=1S/C13H15NO2/c1-10(15)14-9-5-4-8-13(16)11-6-2-3-7-12(11)14/h2-3,6-7H,4-5,8-9H2,1H3. The first-order valence-electron chi connectivity index (χ1n) is 5.60. The van der Waals surface area contributed by atoms with Crippen LogP contribution in [0.15, 0.2) is 24.3 Å². The average molecular weight is 217 g/mol. The molecule has 1 aromatic rings. The molecule has 1 aliphatic rings. The maximum Gasteiger partial charge on any atom is 0.223 e. The van der Waals surface area contributed by atoms with Gasteiger partial charge in [-0.2, -0.15) is 0 Å². The van der Waals surface area contributed by atoms with Crippen LogP contribution in [0.3, 0.4) is 0 Å². The third kappa shape index (κ3) is 1.98. The van der Waals surface area contributed by atoms with Crippen LogP contribution in [0.5, 0.6) is 0 Å². The Hall–Kier alpha value is -1.64. The van der Waals surface area contributed by atoms with Gasteiger partial charge < -0.3 is 4.90 Å². The highest BCUT2D eigenvalue weighted by Gasteiger charge is 2.20. The van der Waals surface area contributed by atoms with Crippen molar-refractivity contribution in [3.63, 3.8) is 0 Å². The van der Waals surface area contributed by atoms with Gasteiger partial charge in [0, 0.05) is 25.5 Å². The number of hydrogen-bond acceptors (Lipinski definition) is 2. The molecule has 0 fully saturated rings. The van der Waals surface area contributed by atoms with E-state index in [2.05, 4.69) is 0 Å². The molecule has 84 valence electrons. The van der Waals surface area contributed by atoms with Crippen LogP contribution < -0.4 is 4.90 Å². The second-order valence-corrected chi connectivity index (χ2v) is 4.07. The van der Waals surface area contributed by atoms with E-state index in [1.54, 1.807) is 17.9 Å². The highest BCUT2D eigenvalue weighted by atomic mass is 16.2. The van der Waals surface area contributed by atoms with Crippen LogP contribution in [0.2, 0.25) is 0 Å². The summed E-state index contributed by atoms with van der Waals surface area (Å²) in [7, 11) is 0. The largest absolute Gasteiger partial charge is 0.312 e. The summed E-state index contributed by atoms with van der Waals surface area (Å²) in [5.41, 5.74) is 1.44. The van der Waals surface area contributed by atoms with Gasteiger partial charge in [0.15, 0.2) is 5.78 Å². The number of carbonyl (C=O) groups is 2. The van der Waals surface area contributed by atoms with Gasteiger partial charge in [0.1, 0.15) is 0 Å². The van der Waals surface area contributed by atoms with Crippen molar-refractivity contribution in [2.45, 2.75) is 26.2 Å². The van der Waals surface area contributed by atoms with Crippen molar-refractivity contribution in [2.75, 3.05) is 11.4 Å². The molecule has 0 aromatic heterocycles. The second-order valence-electron chi connectivity index (χ2n) is 4.07. The molecular formula is C13H15NO2. The van der Waals surface area contributed by atoms with E-state index in [-0.39, 0.29) is 11.7 Å². The molecular weight excluding hydrogens is 202 g/mol. The molecule has 0 spiro atoms. The lowest BCUT2D eigenvalue weighted by atomic mass is 10.00. The molecule has 1 aliphatic heterocycles. The van der Waals surface area contributed by atoms with Crippen molar-refractivity contribution in [3.05, 3.63) is 29.8 Å². The fourth-order valence-electron chi connectivity index (χ4n) is 2.08. The van der Waals surface area contributed by atoms with Crippen molar-refractivity contribution < 1.29 is 9.59 Å². The van der Waals surface area contributed by atoms with E-state index >= 15 is 0 Å². The lowest BCUT2D eigenvalue weighted by Gasteiger charge is -2.25. The maximum atomic E-state index is 11.9. The first kappa shape index (κ1) is 10.9. The Morgan fingerprint density at radius 3 is 2.75 bits per heavy atom. The Kier molecular flexibility index (Phi) is 3.04. The number of benzene rings is 1. The van der Waals surface area contributed by atoms with Crippen molar-refractivity contribution >= 4 is 17.4 Å². The topological polar surface area (TPSA) is 37.4 Å². The van der Waals surface area contributed by atoms with E-state index in [0.717, 1.165) is 18.5 Å². The number of nitrogens with zero attached hydrogens (tertiary/aromatic N) is 1. The molecule has 0 saturated heterocycles. The van der Waals surface area contributed by atoms with E-state index in [1.807, 2.05) is 18.2 Å². The maximum absolute atomic E-state index is 11.9. The summed E-state index contributed by atoms with van der Waals surface area (Å²) >= 11 is 0. The number of rotatable bonds is 0. The molecule has 0 aliphatic carbocycles. The number of hydrogen-bond donors (Lipinski definition) is 0. The van der Waals surface area contributed by atoms with Gasteiger partial charge in [-0.3, -0.25) is 9.59 Å². The van der Waals surface area contributed by atoms with Crippen molar-refractivity contribution in [2.24, 2.45) is 0 Å². The fraction of sp³-hybridized carbons (Fsp3) is 0.385. The molecule has 3 nitrogen and oxygen atoms in total. The van der Waals surface area contributed by atoms with Crippen LogP contribution in [-0.4, -0.2) is 18.2 Å². The molecule has 16 heavy (non-hydrogen) atoms. The van der Waals surface area contributed by atoms with Crippen LogP contribution in [0, 0.1) is 0 Å². The predicted molar refractivity (Wildman–Crippen MR) is 62.7 cm³/mol. The molecule has 1 heterocycles. The molecule has 3 heteroatoms. The smallest absolute Gasteiger partial charge is 0.223 e. The van der Waals surface area contributed by atoms with Crippen LogP contribution in [0.4, 0.5) is 5.69 Å². The highest BCUT2D eigenvalue weighted by Crippen LogP contribution is 2.25. The average Bonchev–Trinajstić information content (AvgIpc) is 2.26. The first-order chi connectivity index (χ1) is 7.70. The van der Waals surface area contributed by atoms with Gasteiger partial charge in [-0.15, -0.1) is 0 Å². The summed E-state index contributed by atoms with van der Waals surface area (Å²) in [6.45, 7) is 2.25. The molecule has 2 rings (SSSR count). The number of amides is 1. The number of ketones is 1. The summed E-state index contributed by atoms with van der Waals surface area (Å²) in [6.07, 6.45) is 2.33. The van der Waals surface area contributed by atoms with E-state index in [1.165, 1.54) is 0 Å². The molecule has 1 aromatic carbocycles. The molecule has 1 amide bonds. The molecule has 0 radical (unpaired) electrons. The third-order valence-corrected chi connectivity index (χ3v) is 2.91. The minimum absolute atomic E-state index is 0.00199. The quantitative estimate of drug-likeness (QED) is 0.669. The second kappa shape index (κ2) is 4.47. The zero-order valence-corrected chi connectivity index (χ0v) is 9.40. The lowest BCUT2D eigenvalue weighted by molar-refractivity contribution is -0.116. The number of Topliss-reactive ketones (excluding diaryl/α,β-unsaturated/α-hetero) is 1. The van der Waals surface area contributed by atoms with Crippen LogP contribution in [0.1, 0.15) is 36.5 Å². The monoisotopic (exact) mass is 217 g/mol. The van der Waals surface area contributed by atoms with Crippen LogP contribution in [-0.2, 0) is 4.79 Å². The third-order valence-electron chi connectivity index (χ3n) is 2.91. The minimum Gasteiger partial charge on any atom is -0.312 e. The molecule has 0 bridgehead atoms. The summed E-state index contributed by atoms with van der Waals surface area (Å²) in [4.78, 5) is 25.1. The molecule has 0 unspecified atom stereocenters. The number of anilines is 1. The normalized spacial score (nSPS) is 16.3. The van der Waals surface area contributed by atoms with Crippen molar-refractivity contribution in [1.82, 2.24) is 0 Å². The Bertz CT molecular complexity index is 426. The van der Waals surface area contributed by atoms with Gasteiger partial charge in [-0.05, 0) is 25.0 Å². The minimum atomic E-state index is 0.00199. The van der Waals surface area contributed by atoms with Gasteiger partial charge in [-0.25, -0.2) is 0 Å². The Balaban J connectivity index is 2.49. The van der Waals surface area contributed by atoms with Gasteiger partial charge in [-0.1, -0.05) is 12.1 Å². The van der Waals surface area contributed by atoms with Gasteiger partial charge in [0.2, 0.25) is 5.91 Å². The van der Waals surface area contributed by atoms with Gasteiger partial charge >= 0.3 is 0 Å². The van der Waals surface area contributed by atoms with E-state index in [4.69, 9.17) is 0 Å². The Morgan fingerprint density at radius 1 is 1.25 bits per heavy atom. The van der Waals surface area contributed by atoms with Gasteiger partial charge in [0.05, 0.1) is 5.69 Å². The molecule has 0 atom stereocenters. The number of fused-ring (bicyclic) bond motifs is 1. The summed E-state index contributed by atoms with van der Waals surface area (Å²) in [6, 6.07) is 7.36. The molecule has 0 N–H and O–H groups in total. The number of para-hydroxylation sites is 1. The summed E-state index contributed by atoms with van der Waals surface area (Å²) < 4.78 is 0. The highest BCUT2D eigenvalue weighted by molar-refractivity contribution is 6.05. The SMILES string of the molecule is CC(=O)N1CCCCC(=O)c2ccccc21. The van der Waals surface area contributed by atoms with Crippen molar-refractivity contribution in [3.8, 4) is 0 Å². The zero-order valence-electron chi connectivity index (χ0n) is 9.40. The van der Waals surface area contributed by atoms with Crippen molar-refractivity contribution in [1.29, 1.82) is 0 Å². The van der Waals surface area contributed by atoms with E-state index in [0.29, 0.717) is 18.5 Å². The summed E-state index contributed by atoms with van der Waals surface area (Å²) in [5, 5.41) is 0. The van der Waals surface area contributed by atoms with Crippen LogP contribution in [0.25, 0.3) is 0 Å². The first-order valence-corrected chi connectivity index (χ1v) is 5.60. The summed E-state index contributed by atoms with van der Waals surface area (Å²) in [5.74, 6) is 0.142. The molecule has 0 saturated carbocycles. The van der Waals surface area contributed by atoms with E-state index in [9.17, 15) is 9.59 Å². The number of carbonyl (C=O) groups excluding carboxylic acids is 2. The Labute approximate surface area is 95.1 Å².